The van der Waals surface area contributed by atoms with Crippen LogP contribution in [0.25, 0.3) is 0 Å². The lowest BCUT2D eigenvalue weighted by Gasteiger charge is -2.41. The molecule has 0 radical (unpaired) electrons. The summed E-state index contributed by atoms with van der Waals surface area (Å²) in [5.41, 5.74) is 1.60. The summed E-state index contributed by atoms with van der Waals surface area (Å²) >= 11 is 0. The van der Waals surface area contributed by atoms with Crippen LogP contribution < -0.4 is 9.80 Å². The Morgan fingerprint density at radius 1 is 1.03 bits per heavy atom. The van der Waals surface area contributed by atoms with E-state index in [9.17, 15) is 18.3 Å². The van der Waals surface area contributed by atoms with Crippen molar-refractivity contribution in [1.29, 1.82) is 0 Å². The van der Waals surface area contributed by atoms with Crippen LogP contribution in [0.4, 0.5) is 24.9 Å². The third-order valence-corrected chi connectivity index (χ3v) is 7.20. The summed E-state index contributed by atoms with van der Waals surface area (Å²) in [6.07, 6.45) is 0.142. The molecule has 2 aromatic heterocycles. The molecule has 2 aliphatic rings. The summed E-state index contributed by atoms with van der Waals surface area (Å²) < 4.78 is 41.3. The minimum Gasteiger partial charge on any atom is -0.386 e. The van der Waals surface area contributed by atoms with Crippen LogP contribution in [0.15, 0.2) is 36.5 Å². The molecule has 0 bridgehead atoms. The van der Waals surface area contributed by atoms with E-state index in [1.807, 2.05) is 25.1 Å². The van der Waals surface area contributed by atoms with Gasteiger partial charge in [0.25, 0.3) is 0 Å². The van der Waals surface area contributed by atoms with Gasteiger partial charge in [-0.3, -0.25) is 0 Å². The fourth-order valence-electron chi connectivity index (χ4n) is 5.34. The standard InChI is InChI=1S/C27H31F3N6O/c1-17-16-35(12-13-36(17)25-31-15-21(26(2,3)37)23(32-25)27(28,29)30)24-20-11-7-10-19(20)22(33-34-24)14-18-8-5-4-6-9-18/h4-6,8-9,15,17,37H,7,10-14,16H2,1-3H3/t17-/m1/s1. The summed E-state index contributed by atoms with van der Waals surface area (Å²) in [4.78, 5) is 12.1. The predicted molar refractivity (Wildman–Crippen MR) is 135 cm³/mol. The summed E-state index contributed by atoms with van der Waals surface area (Å²) in [5, 5.41) is 19.5. The predicted octanol–water partition coefficient (Wildman–Crippen LogP) is 4.31. The van der Waals surface area contributed by atoms with Crippen LogP contribution in [0.3, 0.4) is 0 Å². The number of piperazine rings is 1. The number of alkyl halides is 3. The number of hydrogen-bond donors (Lipinski definition) is 1. The van der Waals surface area contributed by atoms with Crippen molar-refractivity contribution in [2.45, 2.75) is 64.3 Å². The Bertz CT molecular complexity index is 1280. The first-order valence-electron chi connectivity index (χ1n) is 12.6. The molecule has 0 amide bonds. The lowest BCUT2D eigenvalue weighted by atomic mass is 9.98. The highest BCUT2D eigenvalue weighted by atomic mass is 19.4. The fourth-order valence-corrected chi connectivity index (χ4v) is 5.34. The first kappa shape index (κ1) is 25.4. The smallest absolute Gasteiger partial charge is 0.386 e. The van der Waals surface area contributed by atoms with Crippen molar-refractivity contribution < 1.29 is 18.3 Å². The van der Waals surface area contributed by atoms with Gasteiger partial charge in [0.05, 0.1) is 11.3 Å². The van der Waals surface area contributed by atoms with Crippen molar-refractivity contribution in [2.24, 2.45) is 0 Å². The highest BCUT2D eigenvalue weighted by Gasteiger charge is 2.41. The molecule has 1 aromatic carbocycles. The fraction of sp³-hybridized carbons (Fsp3) is 0.481. The van der Waals surface area contributed by atoms with Gasteiger partial charge in [-0.25, -0.2) is 9.97 Å². The number of halogens is 3. The third kappa shape index (κ3) is 5.12. The number of aromatic nitrogens is 4. The summed E-state index contributed by atoms with van der Waals surface area (Å²) in [6.45, 7) is 6.13. The molecule has 10 heteroatoms. The molecule has 0 saturated carbocycles. The van der Waals surface area contributed by atoms with Crippen LogP contribution in [0, 0.1) is 0 Å². The number of anilines is 2. The van der Waals surface area contributed by atoms with Gasteiger partial charge in [-0.2, -0.15) is 18.3 Å². The number of rotatable bonds is 5. The van der Waals surface area contributed by atoms with Crippen molar-refractivity contribution in [3.8, 4) is 0 Å². The van der Waals surface area contributed by atoms with E-state index in [2.05, 4.69) is 37.2 Å². The number of aliphatic hydroxyl groups is 1. The van der Waals surface area contributed by atoms with Crippen molar-refractivity contribution in [3.05, 3.63) is 70.2 Å². The van der Waals surface area contributed by atoms with E-state index >= 15 is 0 Å². The largest absolute Gasteiger partial charge is 0.433 e. The van der Waals surface area contributed by atoms with E-state index in [1.165, 1.54) is 30.5 Å². The van der Waals surface area contributed by atoms with E-state index < -0.39 is 17.5 Å². The molecule has 5 rings (SSSR count). The normalized spacial score (nSPS) is 18.3. The molecule has 1 fully saturated rings. The molecule has 196 valence electrons. The molecule has 0 spiro atoms. The molecule has 1 aliphatic carbocycles. The summed E-state index contributed by atoms with van der Waals surface area (Å²) in [5.74, 6) is 0.895. The zero-order valence-corrected chi connectivity index (χ0v) is 21.3. The Morgan fingerprint density at radius 3 is 2.43 bits per heavy atom. The SMILES string of the molecule is C[C@@H]1CN(c2nnc(Cc3ccccc3)c3c2CCC3)CCN1c1ncc(C(C)(C)O)c(C(F)(F)F)n1. The van der Waals surface area contributed by atoms with E-state index in [0.29, 0.717) is 19.6 Å². The maximum absolute atomic E-state index is 13.8. The maximum Gasteiger partial charge on any atom is 0.433 e. The molecule has 1 aliphatic heterocycles. The van der Waals surface area contributed by atoms with E-state index in [4.69, 9.17) is 0 Å². The molecule has 0 unspecified atom stereocenters. The van der Waals surface area contributed by atoms with Gasteiger partial charge in [0.2, 0.25) is 5.95 Å². The van der Waals surface area contributed by atoms with Crippen LogP contribution in [-0.4, -0.2) is 50.9 Å². The Morgan fingerprint density at radius 2 is 1.76 bits per heavy atom. The van der Waals surface area contributed by atoms with Gasteiger partial charge in [0.1, 0.15) is 0 Å². The number of benzene rings is 1. The molecular formula is C27H31F3N6O. The van der Waals surface area contributed by atoms with E-state index in [0.717, 1.165) is 43.4 Å². The lowest BCUT2D eigenvalue weighted by Crippen LogP contribution is -2.53. The van der Waals surface area contributed by atoms with Crippen LogP contribution in [0.1, 0.15) is 60.8 Å². The minimum absolute atomic E-state index is 0.0157. The maximum atomic E-state index is 13.8. The average molecular weight is 513 g/mol. The first-order chi connectivity index (χ1) is 17.5. The Labute approximate surface area is 214 Å². The summed E-state index contributed by atoms with van der Waals surface area (Å²) in [7, 11) is 0. The Balaban J connectivity index is 1.37. The average Bonchev–Trinajstić information content (AvgIpc) is 3.34. The highest BCUT2D eigenvalue weighted by Crippen LogP contribution is 2.37. The van der Waals surface area contributed by atoms with Gasteiger partial charge < -0.3 is 14.9 Å². The number of nitrogens with zero attached hydrogens (tertiary/aromatic N) is 6. The molecule has 3 heterocycles. The van der Waals surface area contributed by atoms with Gasteiger partial charge in [-0.15, -0.1) is 5.10 Å². The first-order valence-corrected chi connectivity index (χ1v) is 12.6. The molecule has 1 N–H and O–H groups in total. The highest BCUT2D eigenvalue weighted by molar-refractivity contribution is 5.55. The van der Waals surface area contributed by atoms with Gasteiger partial charge >= 0.3 is 6.18 Å². The Kier molecular flexibility index (Phi) is 6.55. The van der Waals surface area contributed by atoms with Gasteiger partial charge in [0, 0.05) is 49.4 Å². The zero-order chi connectivity index (χ0) is 26.4. The van der Waals surface area contributed by atoms with Gasteiger partial charge in [0.15, 0.2) is 11.5 Å². The zero-order valence-electron chi connectivity index (χ0n) is 21.3. The summed E-state index contributed by atoms with van der Waals surface area (Å²) in [6, 6.07) is 10.1. The van der Waals surface area contributed by atoms with Gasteiger partial charge in [-0.05, 0) is 51.2 Å². The van der Waals surface area contributed by atoms with E-state index in [-0.39, 0.29) is 17.6 Å². The quantitative estimate of drug-likeness (QED) is 0.546. The van der Waals surface area contributed by atoms with Gasteiger partial charge in [-0.1, -0.05) is 30.3 Å². The second kappa shape index (κ2) is 9.55. The van der Waals surface area contributed by atoms with Crippen LogP contribution >= 0.6 is 0 Å². The van der Waals surface area contributed by atoms with E-state index in [1.54, 1.807) is 4.90 Å². The molecule has 1 atom stereocenters. The van der Waals surface area contributed by atoms with Crippen LogP contribution in [-0.2, 0) is 31.0 Å². The molecule has 37 heavy (non-hydrogen) atoms. The monoisotopic (exact) mass is 512 g/mol. The molecule has 7 nitrogen and oxygen atoms in total. The molecule has 3 aromatic rings. The second-order valence-corrected chi connectivity index (χ2v) is 10.4. The van der Waals surface area contributed by atoms with Crippen molar-refractivity contribution in [3.63, 3.8) is 0 Å². The molecule has 1 saturated heterocycles. The van der Waals surface area contributed by atoms with Crippen molar-refractivity contribution in [1.82, 2.24) is 20.2 Å². The number of fused-ring (bicyclic) bond motifs is 1. The number of hydrogen-bond acceptors (Lipinski definition) is 7. The second-order valence-electron chi connectivity index (χ2n) is 10.4. The van der Waals surface area contributed by atoms with Crippen LogP contribution in [0.5, 0.6) is 0 Å². The van der Waals surface area contributed by atoms with Crippen LogP contribution in [0.2, 0.25) is 0 Å². The van der Waals surface area contributed by atoms with Crippen molar-refractivity contribution >= 4 is 11.8 Å². The minimum atomic E-state index is -4.70. The lowest BCUT2D eigenvalue weighted by molar-refractivity contribution is -0.144. The topological polar surface area (TPSA) is 78.3 Å². The Hall–Kier alpha value is -3.27. The van der Waals surface area contributed by atoms with Crippen molar-refractivity contribution in [2.75, 3.05) is 29.4 Å². The molecular weight excluding hydrogens is 481 g/mol. The third-order valence-electron chi connectivity index (χ3n) is 7.20.